The molecule has 0 radical (unpaired) electrons. The lowest BCUT2D eigenvalue weighted by molar-refractivity contribution is -0.131. The number of hydrogen-bond acceptors (Lipinski definition) is 4. The van der Waals surface area contributed by atoms with Crippen LogP contribution in [0.4, 0.5) is 5.82 Å². The van der Waals surface area contributed by atoms with Crippen molar-refractivity contribution in [3.8, 4) is 5.75 Å². The second-order valence-electron chi connectivity index (χ2n) is 6.15. The van der Waals surface area contributed by atoms with Crippen molar-refractivity contribution < 1.29 is 9.53 Å². The zero-order chi connectivity index (χ0) is 17.6. The second kappa shape index (κ2) is 8.34. The molecule has 1 amide bonds. The van der Waals surface area contributed by atoms with Crippen LogP contribution in [0, 0.1) is 0 Å². The molecule has 132 valence electrons. The third-order valence-corrected chi connectivity index (χ3v) is 4.93. The molecule has 0 bridgehead atoms. The molecule has 25 heavy (non-hydrogen) atoms. The fraction of sp³-hybridized carbons (Fsp3) is 0.368. The Morgan fingerprint density at radius 3 is 2.72 bits per heavy atom. The van der Waals surface area contributed by atoms with E-state index < -0.39 is 0 Å². The second-order valence-corrected chi connectivity index (χ2v) is 7.07. The molecule has 1 saturated heterocycles. The van der Waals surface area contributed by atoms with Gasteiger partial charge in [-0.1, -0.05) is 18.2 Å². The molecule has 2 aromatic rings. The number of para-hydroxylation sites is 1. The van der Waals surface area contributed by atoms with Gasteiger partial charge < -0.3 is 15.0 Å². The molecule has 1 aliphatic heterocycles. The van der Waals surface area contributed by atoms with Crippen LogP contribution in [0.1, 0.15) is 18.4 Å². The number of nitrogens with one attached hydrogen (secondary N) is 1. The van der Waals surface area contributed by atoms with E-state index in [1.165, 1.54) is 0 Å². The number of rotatable bonds is 5. The summed E-state index contributed by atoms with van der Waals surface area (Å²) in [4.78, 5) is 18.9. The average Bonchev–Trinajstić information content (AvgIpc) is 2.64. The minimum Gasteiger partial charge on any atom is -0.496 e. The van der Waals surface area contributed by atoms with Gasteiger partial charge in [-0.15, -0.1) is 0 Å². The van der Waals surface area contributed by atoms with E-state index in [0.717, 1.165) is 47.5 Å². The van der Waals surface area contributed by atoms with Gasteiger partial charge in [0.2, 0.25) is 5.91 Å². The summed E-state index contributed by atoms with van der Waals surface area (Å²) in [6, 6.07) is 12.0. The molecule has 5 nitrogen and oxygen atoms in total. The summed E-state index contributed by atoms with van der Waals surface area (Å²) in [5.41, 5.74) is 0.939. The summed E-state index contributed by atoms with van der Waals surface area (Å²) in [6.45, 7) is 1.53. The maximum atomic E-state index is 12.6. The SMILES string of the molecule is COc1ccccc1CC(=O)N1CCC(Nc2ccc(Br)cn2)CC1. The molecule has 1 aliphatic rings. The standard InChI is InChI=1S/C19H22BrN3O2/c1-25-17-5-3-2-4-14(17)12-19(24)23-10-8-16(9-11-23)22-18-7-6-15(20)13-21-18/h2-7,13,16H,8-12H2,1H3,(H,21,22). The first-order chi connectivity index (χ1) is 12.2. The predicted molar refractivity (Wildman–Crippen MR) is 102 cm³/mol. The Morgan fingerprint density at radius 1 is 1.28 bits per heavy atom. The molecule has 2 heterocycles. The molecular formula is C19H22BrN3O2. The number of amides is 1. The number of aromatic nitrogens is 1. The van der Waals surface area contributed by atoms with E-state index in [0.29, 0.717) is 12.5 Å². The predicted octanol–water partition coefficient (Wildman–Crippen LogP) is 3.50. The number of carbonyl (C=O) groups is 1. The quantitative estimate of drug-likeness (QED) is 0.829. The molecule has 3 rings (SSSR count). The minimum atomic E-state index is 0.157. The number of benzene rings is 1. The first-order valence-corrected chi connectivity index (χ1v) is 9.23. The molecular weight excluding hydrogens is 382 g/mol. The third-order valence-electron chi connectivity index (χ3n) is 4.46. The molecule has 1 aromatic heterocycles. The van der Waals surface area contributed by atoms with Crippen LogP contribution >= 0.6 is 15.9 Å². The first kappa shape index (κ1) is 17.7. The van der Waals surface area contributed by atoms with Gasteiger partial charge in [0, 0.05) is 35.4 Å². The number of halogens is 1. The van der Waals surface area contributed by atoms with Gasteiger partial charge in [-0.3, -0.25) is 4.79 Å². The number of likely N-dealkylation sites (tertiary alicyclic amines) is 1. The van der Waals surface area contributed by atoms with E-state index in [1.807, 2.05) is 41.3 Å². The Kier molecular flexibility index (Phi) is 5.91. The van der Waals surface area contributed by atoms with Crippen LogP contribution in [0.2, 0.25) is 0 Å². The number of pyridine rings is 1. The lowest BCUT2D eigenvalue weighted by Crippen LogP contribution is -2.43. The van der Waals surface area contributed by atoms with Crippen LogP contribution in [-0.4, -0.2) is 42.0 Å². The summed E-state index contributed by atoms with van der Waals surface area (Å²) < 4.78 is 6.30. The van der Waals surface area contributed by atoms with E-state index in [4.69, 9.17) is 4.74 Å². The summed E-state index contributed by atoms with van der Waals surface area (Å²) >= 11 is 3.39. The summed E-state index contributed by atoms with van der Waals surface area (Å²) in [7, 11) is 1.64. The van der Waals surface area contributed by atoms with E-state index in [9.17, 15) is 4.79 Å². The molecule has 0 atom stereocenters. The molecule has 0 aliphatic carbocycles. The lowest BCUT2D eigenvalue weighted by Gasteiger charge is -2.32. The van der Waals surface area contributed by atoms with Crippen LogP contribution in [0.25, 0.3) is 0 Å². The van der Waals surface area contributed by atoms with E-state index in [2.05, 4.69) is 26.2 Å². The minimum absolute atomic E-state index is 0.157. The van der Waals surface area contributed by atoms with Gasteiger partial charge in [-0.2, -0.15) is 0 Å². The Balaban J connectivity index is 1.51. The highest BCUT2D eigenvalue weighted by atomic mass is 79.9. The van der Waals surface area contributed by atoms with E-state index in [1.54, 1.807) is 13.3 Å². The Labute approximate surface area is 156 Å². The highest BCUT2D eigenvalue weighted by Crippen LogP contribution is 2.21. The van der Waals surface area contributed by atoms with Crippen LogP contribution in [0.15, 0.2) is 47.1 Å². The van der Waals surface area contributed by atoms with Gasteiger partial charge in [-0.25, -0.2) is 4.98 Å². The van der Waals surface area contributed by atoms with Gasteiger partial charge in [0.05, 0.1) is 13.5 Å². The zero-order valence-corrected chi connectivity index (χ0v) is 15.8. The van der Waals surface area contributed by atoms with Crippen molar-refractivity contribution in [2.24, 2.45) is 0 Å². The Morgan fingerprint density at radius 2 is 2.04 bits per heavy atom. The summed E-state index contributed by atoms with van der Waals surface area (Å²) in [6.07, 6.45) is 4.02. The molecule has 1 fully saturated rings. The van der Waals surface area contributed by atoms with Crippen molar-refractivity contribution in [3.05, 3.63) is 52.6 Å². The monoisotopic (exact) mass is 403 g/mol. The highest BCUT2D eigenvalue weighted by Gasteiger charge is 2.23. The number of piperidine rings is 1. The fourth-order valence-corrected chi connectivity index (χ4v) is 3.30. The van der Waals surface area contributed by atoms with Crippen LogP contribution < -0.4 is 10.1 Å². The smallest absolute Gasteiger partial charge is 0.227 e. The topological polar surface area (TPSA) is 54.5 Å². The van der Waals surface area contributed by atoms with E-state index >= 15 is 0 Å². The van der Waals surface area contributed by atoms with Crippen molar-refractivity contribution in [3.63, 3.8) is 0 Å². The maximum Gasteiger partial charge on any atom is 0.227 e. The van der Waals surface area contributed by atoms with Crippen molar-refractivity contribution in [2.45, 2.75) is 25.3 Å². The normalized spacial score (nSPS) is 15.0. The van der Waals surface area contributed by atoms with Gasteiger partial charge in [-0.05, 0) is 47.0 Å². The Hall–Kier alpha value is -2.08. The zero-order valence-electron chi connectivity index (χ0n) is 14.2. The molecule has 0 unspecified atom stereocenters. The average molecular weight is 404 g/mol. The molecule has 1 aromatic carbocycles. The molecule has 1 N–H and O–H groups in total. The maximum absolute atomic E-state index is 12.6. The van der Waals surface area contributed by atoms with Crippen molar-refractivity contribution in [2.75, 3.05) is 25.5 Å². The number of hydrogen-bond donors (Lipinski definition) is 1. The number of nitrogens with zero attached hydrogens (tertiary/aromatic N) is 2. The lowest BCUT2D eigenvalue weighted by atomic mass is 10.0. The molecule has 0 spiro atoms. The van der Waals surface area contributed by atoms with Crippen LogP contribution in [0.3, 0.4) is 0 Å². The Bertz CT molecular complexity index is 713. The van der Waals surface area contributed by atoms with E-state index in [-0.39, 0.29) is 5.91 Å². The van der Waals surface area contributed by atoms with Crippen molar-refractivity contribution in [1.82, 2.24) is 9.88 Å². The third kappa shape index (κ3) is 4.72. The van der Waals surface area contributed by atoms with Gasteiger partial charge >= 0.3 is 0 Å². The number of methoxy groups -OCH3 is 1. The number of anilines is 1. The fourth-order valence-electron chi connectivity index (χ4n) is 3.07. The van der Waals surface area contributed by atoms with Gasteiger partial charge in [0.25, 0.3) is 0 Å². The van der Waals surface area contributed by atoms with Gasteiger partial charge in [0.1, 0.15) is 11.6 Å². The largest absolute Gasteiger partial charge is 0.496 e. The highest BCUT2D eigenvalue weighted by molar-refractivity contribution is 9.10. The van der Waals surface area contributed by atoms with Gasteiger partial charge in [0.15, 0.2) is 0 Å². The number of ether oxygens (including phenoxy) is 1. The summed E-state index contributed by atoms with van der Waals surface area (Å²) in [5.74, 6) is 1.81. The molecule has 0 saturated carbocycles. The first-order valence-electron chi connectivity index (χ1n) is 8.43. The summed E-state index contributed by atoms with van der Waals surface area (Å²) in [5, 5.41) is 3.45. The van der Waals surface area contributed by atoms with Crippen molar-refractivity contribution in [1.29, 1.82) is 0 Å². The van der Waals surface area contributed by atoms with Crippen molar-refractivity contribution >= 4 is 27.7 Å². The number of carbonyl (C=O) groups excluding carboxylic acids is 1. The van der Waals surface area contributed by atoms with Crippen LogP contribution in [-0.2, 0) is 11.2 Å². The molecule has 6 heteroatoms. The van der Waals surface area contributed by atoms with Crippen LogP contribution in [0.5, 0.6) is 5.75 Å².